The van der Waals surface area contributed by atoms with Gasteiger partial charge >= 0.3 is 6.09 Å². The molecule has 1 aliphatic carbocycles. The van der Waals surface area contributed by atoms with E-state index in [-0.39, 0.29) is 12.1 Å². The van der Waals surface area contributed by atoms with Gasteiger partial charge in [0.25, 0.3) is 0 Å². The van der Waals surface area contributed by atoms with Gasteiger partial charge in [-0.3, -0.25) is 0 Å². The van der Waals surface area contributed by atoms with Gasteiger partial charge in [0, 0.05) is 12.1 Å². The third kappa shape index (κ3) is 3.60. The molecule has 0 spiro atoms. The largest absolute Gasteiger partial charge is 0.444 e. The summed E-state index contributed by atoms with van der Waals surface area (Å²) in [6.45, 7) is 6.80. The van der Waals surface area contributed by atoms with Crippen LogP contribution in [-0.4, -0.2) is 30.3 Å². The zero-order chi connectivity index (χ0) is 12.5. The van der Waals surface area contributed by atoms with Crippen LogP contribution in [0, 0.1) is 5.92 Å². The average Bonchev–Trinajstić information content (AvgIpc) is 2.55. The van der Waals surface area contributed by atoms with Gasteiger partial charge < -0.3 is 15.4 Å². The van der Waals surface area contributed by atoms with E-state index in [1.807, 2.05) is 20.8 Å². The van der Waals surface area contributed by atoms with Crippen LogP contribution in [0.25, 0.3) is 0 Å². The summed E-state index contributed by atoms with van der Waals surface area (Å²) in [5.74, 6) is 0.740. The number of hydrogen-bond acceptors (Lipinski definition) is 3. The van der Waals surface area contributed by atoms with Gasteiger partial charge in [0.1, 0.15) is 5.60 Å². The van der Waals surface area contributed by atoms with Crippen molar-refractivity contribution in [1.29, 1.82) is 0 Å². The Kier molecular flexibility index (Phi) is 3.61. The van der Waals surface area contributed by atoms with Gasteiger partial charge in [0.15, 0.2) is 0 Å². The fourth-order valence-corrected chi connectivity index (χ4v) is 2.94. The Labute approximate surface area is 103 Å². The van der Waals surface area contributed by atoms with E-state index >= 15 is 0 Å². The summed E-state index contributed by atoms with van der Waals surface area (Å²) in [7, 11) is 0. The third-order valence-corrected chi connectivity index (χ3v) is 3.57. The van der Waals surface area contributed by atoms with Crippen LogP contribution in [0.2, 0.25) is 0 Å². The maximum absolute atomic E-state index is 11.7. The first-order valence-corrected chi connectivity index (χ1v) is 6.67. The number of hydrogen-bond donors (Lipinski definition) is 2. The lowest BCUT2D eigenvalue weighted by Crippen LogP contribution is -2.39. The topological polar surface area (TPSA) is 50.4 Å². The molecule has 4 heteroatoms. The maximum atomic E-state index is 11.7. The Morgan fingerprint density at radius 2 is 2.12 bits per heavy atom. The van der Waals surface area contributed by atoms with Gasteiger partial charge in [-0.2, -0.15) is 0 Å². The van der Waals surface area contributed by atoms with E-state index in [1.54, 1.807) is 0 Å². The van der Waals surface area contributed by atoms with E-state index in [0.29, 0.717) is 6.04 Å². The van der Waals surface area contributed by atoms with Crippen LogP contribution in [0.1, 0.15) is 46.5 Å². The van der Waals surface area contributed by atoms with E-state index < -0.39 is 5.60 Å². The van der Waals surface area contributed by atoms with E-state index in [2.05, 4.69) is 10.6 Å². The molecule has 1 aliphatic heterocycles. The maximum Gasteiger partial charge on any atom is 0.407 e. The molecule has 0 aromatic rings. The van der Waals surface area contributed by atoms with Gasteiger partial charge in [-0.05, 0) is 58.9 Å². The van der Waals surface area contributed by atoms with Crippen molar-refractivity contribution < 1.29 is 9.53 Å². The van der Waals surface area contributed by atoms with Crippen LogP contribution in [0.3, 0.4) is 0 Å². The Bertz CT molecular complexity index is 272. The smallest absolute Gasteiger partial charge is 0.407 e. The number of ether oxygens (including phenoxy) is 1. The van der Waals surface area contributed by atoms with Gasteiger partial charge in [-0.25, -0.2) is 4.79 Å². The summed E-state index contributed by atoms with van der Waals surface area (Å²) >= 11 is 0. The molecule has 1 saturated heterocycles. The highest BCUT2D eigenvalue weighted by Gasteiger charge is 2.36. The molecule has 1 saturated carbocycles. The highest BCUT2D eigenvalue weighted by Crippen LogP contribution is 2.32. The molecular formula is C13H24N2O2. The van der Waals surface area contributed by atoms with Gasteiger partial charge in [-0.1, -0.05) is 0 Å². The van der Waals surface area contributed by atoms with Crippen molar-refractivity contribution in [2.75, 3.05) is 6.54 Å². The standard InChI is InChI=1S/C13H24N2O2/c1-13(2,3)17-12(16)15-10-7-9-5-4-6-14-11(9)8-10/h9-11,14H,4-8H2,1-3H3,(H,15,16). The molecule has 3 atom stereocenters. The molecule has 2 rings (SSSR count). The quantitative estimate of drug-likeness (QED) is 0.737. The summed E-state index contributed by atoms with van der Waals surface area (Å²) in [4.78, 5) is 11.7. The molecule has 0 aromatic carbocycles. The predicted octanol–water partition coefficient (Wildman–Crippen LogP) is 2.04. The molecule has 1 heterocycles. The second-order valence-electron chi connectivity index (χ2n) is 6.28. The molecular weight excluding hydrogens is 216 g/mol. The molecule has 2 aliphatic rings. The van der Waals surface area contributed by atoms with E-state index in [4.69, 9.17) is 4.74 Å². The second kappa shape index (κ2) is 4.84. The van der Waals surface area contributed by atoms with Crippen molar-refractivity contribution in [3.05, 3.63) is 0 Å². The van der Waals surface area contributed by atoms with Crippen LogP contribution in [-0.2, 0) is 4.74 Å². The summed E-state index contributed by atoms with van der Waals surface area (Å²) < 4.78 is 5.28. The monoisotopic (exact) mass is 240 g/mol. The lowest BCUT2D eigenvalue weighted by Gasteiger charge is -2.25. The number of rotatable bonds is 1. The molecule has 2 fully saturated rings. The summed E-state index contributed by atoms with van der Waals surface area (Å²) in [6.07, 6.45) is 4.42. The van der Waals surface area contributed by atoms with Crippen molar-refractivity contribution >= 4 is 6.09 Å². The number of piperidine rings is 1. The minimum absolute atomic E-state index is 0.277. The summed E-state index contributed by atoms with van der Waals surface area (Å²) in [5, 5.41) is 6.53. The van der Waals surface area contributed by atoms with E-state index in [9.17, 15) is 4.79 Å². The molecule has 1 amide bonds. The Morgan fingerprint density at radius 3 is 2.76 bits per heavy atom. The van der Waals surface area contributed by atoms with Gasteiger partial charge in [-0.15, -0.1) is 0 Å². The number of carbonyl (C=O) groups excluding carboxylic acids is 1. The Morgan fingerprint density at radius 1 is 1.35 bits per heavy atom. The molecule has 0 radical (unpaired) electrons. The fourth-order valence-electron chi connectivity index (χ4n) is 2.94. The highest BCUT2D eigenvalue weighted by molar-refractivity contribution is 5.68. The zero-order valence-corrected chi connectivity index (χ0v) is 11.1. The van der Waals surface area contributed by atoms with Crippen molar-refractivity contribution in [3.8, 4) is 0 Å². The van der Waals surface area contributed by atoms with Crippen LogP contribution in [0.4, 0.5) is 4.79 Å². The predicted molar refractivity (Wildman–Crippen MR) is 66.9 cm³/mol. The SMILES string of the molecule is CC(C)(C)OC(=O)NC1CC2CCCNC2C1. The molecule has 2 N–H and O–H groups in total. The molecule has 98 valence electrons. The first kappa shape index (κ1) is 12.7. The van der Waals surface area contributed by atoms with Crippen molar-refractivity contribution in [2.24, 2.45) is 5.92 Å². The minimum atomic E-state index is -0.409. The van der Waals surface area contributed by atoms with E-state index in [0.717, 1.165) is 25.3 Å². The molecule has 0 bridgehead atoms. The van der Waals surface area contributed by atoms with Gasteiger partial charge in [0.05, 0.1) is 0 Å². The van der Waals surface area contributed by atoms with Crippen molar-refractivity contribution in [3.63, 3.8) is 0 Å². The normalized spacial score (nSPS) is 33.0. The summed E-state index contributed by atoms with van der Waals surface area (Å²) in [6, 6.07) is 0.883. The number of nitrogens with one attached hydrogen (secondary N) is 2. The van der Waals surface area contributed by atoms with Crippen LogP contribution >= 0.6 is 0 Å². The fraction of sp³-hybridized carbons (Fsp3) is 0.923. The van der Waals surface area contributed by atoms with Crippen LogP contribution in [0.5, 0.6) is 0 Å². The van der Waals surface area contributed by atoms with Crippen LogP contribution in [0.15, 0.2) is 0 Å². The van der Waals surface area contributed by atoms with Crippen molar-refractivity contribution in [2.45, 2.75) is 64.1 Å². The van der Waals surface area contributed by atoms with E-state index in [1.165, 1.54) is 12.8 Å². The minimum Gasteiger partial charge on any atom is -0.444 e. The first-order chi connectivity index (χ1) is 7.94. The Hall–Kier alpha value is -0.770. The first-order valence-electron chi connectivity index (χ1n) is 6.67. The second-order valence-corrected chi connectivity index (χ2v) is 6.28. The van der Waals surface area contributed by atoms with Crippen LogP contribution < -0.4 is 10.6 Å². The highest BCUT2D eigenvalue weighted by atomic mass is 16.6. The van der Waals surface area contributed by atoms with Gasteiger partial charge in [0.2, 0.25) is 0 Å². The number of fused-ring (bicyclic) bond motifs is 1. The molecule has 17 heavy (non-hydrogen) atoms. The zero-order valence-electron chi connectivity index (χ0n) is 11.1. The molecule has 3 unspecified atom stereocenters. The summed E-state index contributed by atoms with van der Waals surface area (Å²) in [5.41, 5.74) is -0.409. The third-order valence-electron chi connectivity index (χ3n) is 3.57. The lowest BCUT2D eigenvalue weighted by molar-refractivity contribution is 0.0504. The average molecular weight is 240 g/mol. The molecule has 0 aromatic heterocycles. The number of amides is 1. The lowest BCUT2D eigenvalue weighted by atomic mass is 9.94. The Balaban J connectivity index is 1.79. The number of carbonyl (C=O) groups is 1. The number of alkyl carbamates (subject to hydrolysis) is 1. The molecule has 4 nitrogen and oxygen atoms in total. The van der Waals surface area contributed by atoms with Crippen molar-refractivity contribution in [1.82, 2.24) is 10.6 Å².